The average molecular weight is 346 g/mol. The molecule has 1 aliphatic heterocycles. The molecule has 0 bridgehead atoms. The van der Waals surface area contributed by atoms with Gasteiger partial charge >= 0.3 is 0 Å². The molecule has 4 rings (SSSR count). The van der Waals surface area contributed by atoms with E-state index >= 15 is 0 Å². The van der Waals surface area contributed by atoms with Crippen molar-refractivity contribution in [2.75, 3.05) is 36.0 Å². The first-order valence-electron chi connectivity index (χ1n) is 8.45. The summed E-state index contributed by atoms with van der Waals surface area (Å²) in [6.07, 6.45) is 3.49. The van der Waals surface area contributed by atoms with Crippen LogP contribution in [0.1, 0.15) is 11.3 Å². The number of aryl methyl sites for hydroxylation is 1. The first kappa shape index (κ1) is 16.0. The number of piperazine rings is 1. The lowest BCUT2D eigenvalue weighted by Gasteiger charge is -2.35. The molecule has 8 heteroatoms. The number of hydrogen-bond donors (Lipinski definition) is 0. The van der Waals surface area contributed by atoms with Gasteiger partial charge in [0.15, 0.2) is 11.6 Å². The van der Waals surface area contributed by atoms with E-state index < -0.39 is 0 Å². The van der Waals surface area contributed by atoms with Crippen molar-refractivity contribution in [1.82, 2.24) is 25.0 Å². The van der Waals surface area contributed by atoms with E-state index in [1.807, 2.05) is 37.4 Å². The number of pyridine rings is 1. The lowest BCUT2D eigenvalue weighted by Crippen LogP contribution is -2.47. The molecule has 4 heterocycles. The van der Waals surface area contributed by atoms with Crippen molar-refractivity contribution in [1.29, 1.82) is 5.26 Å². The van der Waals surface area contributed by atoms with Gasteiger partial charge in [0, 0.05) is 38.6 Å². The second-order valence-corrected chi connectivity index (χ2v) is 6.14. The van der Waals surface area contributed by atoms with Gasteiger partial charge in [0.05, 0.1) is 11.3 Å². The van der Waals surface area contributed by atoms with Crippen molar-refractivity contribution in [3.05, 3.63) is 54.0 Å². The van der Waals surface area contributed by atoms with Gasteiger partial charge in [-0.15, -0.1) is 10.2 Å². The van der Waals surface area contributed by atoms with Crippen LogP contribution >= 0.6 is 0 Å². The molecule has 26 heavy (non-hydrogen) atoms. The van der Waals surface area contributed by atoms with Crippen molar-refractivity contribution >= 4 is 11.6 Å². The highest BCUT2D eigenvalue weighted by molar-refractivity contribution is 5.46. The van der Waals surface area contributed by atoms with Crippen LogP contribution in [-0.2, 0) is 0 Å². The Morgan fingerprint density at radius 1 is 0.885 bits per heavy atom. The van der Waals surface area contributed by atoms with Crippen LogP contribution in [0.3, 0.4) is 0 Å². The van der Waals surface area contributed by atoms with E-state index in [9.17, 15) is 0 Å². The van der Waals surface area contributed by atoms with Gasteiger partial charge < -0.3 is 9.80 Å². The molecule has 0 atom stereocenters. The Morgan fingerprint density at radius 2 is 1.54 bits per heavy atom. The van der Waals surface area contributed by atoms with E-state index in [0.29, 0.717) is 11.4 Å². The Kier molecular flexibility index (Phi) is 4.19. The molecular formula is C18H18N8. The minimum atomic E-state index is 0.579. The molecule has 1 fully saturated rings. The van der Waals surface area contributed by atoms with Crippen molar-refractivity contribution in [3.63, 3.8) is 0 Å². The first-order chi connectivity index (χ1) is 12.7. The molecule has 0 spiro atoms. The normalized spacial score (nSPS) is 14.3. The second-order valence-electron chi connectivity index (χ2n) is 6.14. The molecule has 3 aromatic heterocycles. The topological polar surface area (TPSA) is 86.8 Å². The molecule has 0 amide bonds. The molecule has 0 aromatic carbocycles. The maximum absolute atomic E-state index is 8.86. The highest BCUT2D eigenvalue weighted by Gasteiger charge is 2.19. The average Bonchev–Trinajstić information content (AvgIpc) is 3.15. The van der Waals surface area contributed by atoms with Gasteiger partial charge in [0.25, 0.3) is 0 Å². The fourth-order valence-corrected chi connectivity index (χ4v) is 2.96. The molecule has 0 aliphatic carbocycles. The summed E-state index contributed by atoms with van der Waals surface area (Å²) >= 11 is 0. The van der Waals surface area contributed by atoms with E-state index in [4.69, 9.17) is 5.26 Å². The number of aromatic nitrogens is 5. The summed E-state index contributed by atoms with van der Waals surface area (Å²) in [5.74, 6) is 2.48. The lowest BCUT2D eigenvalue weighted by molar-refractivity contribution is 0.636. The molecule has 8 nitrogen and oxygen atoms in total. The molecule has 1 saturated heterocycles. The van der Waals surface area contributed by atoms with Crippen molar-refractivity contribution < 1.29 is 0 Å². The number of anilines is 2. The molecule has 1 aliphatic rings. The number of nitriles is 1. The minimum absolute atomic E-state index is 0.579. The standard InChI is InChI=1S/C18H18N8/c1-14-6-7-26(23-14)18-5-4-17(21-22-18)25-10-8-24(9-11-25)16-3-2-15(12-19)13-20-16/h2-7,13H,8-11H2,1H3. The Bertz CT molecular complexity index is 915. The summed E-state index contributed by atoms with van der Waals surface area (Å²) in [7, 11) is 0. The summed E-state index contributed by atoms with van der Waals surface area (Å²) < 4.78 is 1.72. The zero-order valence-corrected chi connectivity index (χ0v) is 14.4. The SMILES string of the molecule is Cc1ccn(-c2ccc(N3CCN(c4ccc(C#N)cn4)CC3)nn2)n1. The molecule has 0 unspecified atom stereocenters. The predicted molar refractivity (Wildman–Crippen MR) is 97.3 cm³/mol. The third-order valence-corrected chi connectivity index (χ3v) is 4.40. The van der Waals surface area contributed by atoms with Crippen LogP contribution in [0.4, 0.5) is 11.6 Å². The van der Waals surface area contributed by atoms with Gasteiger partial charge in [0.2, 0.25) is 0 Å². The fourth-order valence-electron chi connectivity index (χ4n) is 2.96. The predicted octanol–water partition coefficient (Wildman–Crippen LogP) is 1.56. The molecule has 0 radical (unpaired) electrons. The highest BCUT2D eigenvalue weighted by atomic mass is 15.4. The fraction of sp³-hybridized carbons (Fsp3) is 0.278. The first-order valence-corrected chi connectivity index (χ1v) is 8.45. The van der Waals surface area contributed by atoms with Gasteiger partial charge in [-0.2, -0.15) is 10.4 Å². The summed E-state index contributed by atoms with van der Waals surface area (Å²) in [5.41, 5.74) is 1.53. The van der Waals surface area contributed by atoms with E-state index in [-0.39, 0.29) is 0 Å². The summed E-state index contributed by atoms with van der Waals surface area (Å²) in [6, 6.07) is 11.6. The zero-order chi connectivity index (χ0) is 17.9. The third-order valence-electron chi connectivity index (χ3n) is 4.40. The number of rotatable bonds is 3. The van der Waals surface area contributed by atoms with Crippen LogP contribution in [0.2, 0.25) is 0 Å². The van der Waals surface area contributed by atoms with Crippen LogP contribution in [0.5, 0.6) is 0 Å². The van der Waals surface area contributed by atoms with Crippen LogP contribution in [-0.4, -0.2) is 51.1 Å². The van der Waals surface area contributed by atoms with E-state index in [1.54, 1.807) is 16.9 Å². The van der Waals surface area contributed by atoms with Crippen molar-refractivity contribution in [3.8, 4) is 11.9 Å². The third kappa shape index (κ3) is 3.19. The summed E-state index contributed by atoms with van der Waals surface area (Å²) in [5, 5.41) is 21.8. The molecule has 130 valence electrons. The van der Waals surface area contributed by atoms with Crippen LogP contribution < -0.4 is 9.80 Å². The van der Waals surface area contributed by atoms with Gasteiger partial charge in [-0.3, -0.25) is 0 Å². The van der Waals surface area contributed by atoms with E-state index in [1.165, 1.54) is 0 Å². The minimum Gasteiger partial charge on any atom is -0.353 e. The number of hydrogen-bond acceptors (Lipinski definition) is 7. The van der Waals surface area contributed by atoms with Crippen molar-refractivity contribution in [2.45, 2.75) is 6.92 Å². The van der Waals surface area contributed by atoms with Crippen LogP contribution in [0, 0.1) is 18.3 Å². The highest BCUT2D eigenvalue weighted by Crippen LogP contribution is 2.18. The van der Waals surface area contributed by atoms with Crippen LogP contribution in [0.25, 0.3) is 5.82 Å². The van der Waals surface area contributed by atoms with Gasteiger partial charge in [-0.25, -0.2) is 9.67 Å². The summed E-state index contributed by atoms with van der Waals surface area (Å²) in [6.45, 7) is 5.33. The molecule has 0 N–H and O–H groups in total. The number of nitrogens with zero attached hydrogens (tertiary/aromatic N) is 8. The zero-order valence-electron chi connectivity index (χ0n) is 14.4. The Balaban J connectivity index is 1.40. The summed E-state index contributed by atoms with van der Waals surface area (Å²) in [4.78, 5) is 8.79. The largest absolute Gasteiger partial charge is 0.353 e. The monoisotopic (exact) mass is 346 g/mol. The second kappa shape index (κ2) is 6.80. The van der Waals surface area contributed by atoms with Gasteiger partial charge in [-0.1, -0.05) is 0 Å². The van der Waals surface area contributed by atoms with Crippen LogP contribution in [0.15, 0.2) is 42.7 Å². The van der Waals surface area contributed by atoms with E-state index in [0.717, 1.165) is 43.5 Å². The maximum Gasteiger partial charge on any atom is 0.175 e. The van der Waals surface area contributed by atoms with E-state index in [2.05, 4.69) is 36.1 Å². The molecular weight excluding hydrogens is 328 g/mol. The Morgan fingerprint density at radius 3 is 2.08 bits per heavy atom. The molecule has 3 aromatic rings. The Hall–Kier alpha value is -3.47. The maximum atomic E-state index is 8.86. The Labute approximate surface area is 151 Å². The van der Waals surface area contributed by atoms with Crippen molar-refractivity contribution in [2.24, 2.45) is 0 Å². The smallest absolute Gasteiger partial charge is 0.175 e. The molecule has 0 saturated carbocycles. The van der Waals surface area contributed by atoms with Gasteiger partial charge in [-0.05, 0) is 37.3 Å². The lowest BCUT2D eigenvalue weighted by atomic mass is 10.2. The van der Waals surface area contributed by atoms with Gasteiger partial charge in [0.1, 0.15) is 11.9 Å². The quantitative estimate of drug-likeness (QED) is 0.711.